The molecule has 20 heavy (non-hydrogen) atoms. The van der Waals surface area contributed by atoms with E-state index < -0.39 is 10.0 Å². The average Bonchev–Trinajstić information content (AvgIpc) is 3.05. The molecule has 0 saturated heterocycles. The number of hydrogen-bond donors (Lipinski definition) is 2. The third kappa shape index (κ3) is 2.25. The normalized spacial score (nSPS) is 13.1. The Balaban J connectivity index is 1.97. The van der Waals surface area contributed by atoms with Crippen molar-refractivity contribution < 1.29 is 8.42 Å². The second kappa shape index (κ2) is 4.84. The van der Waals surface area contributed by atoms with Crippen molar-refractivity contribution in [1.29, 1.82) is 0 Å². The highest BCUT2D eigenvalue weighted by Gasteiger charge is 2.23. The van der Waals surface area contributed by atoms with Gasteiger partial charge in [0.05, 0.1) is 11.4 Å². The number of sulfonamides is 1. The molecule has 2 heterocycles. The maximum absolute atomic E-state index is 12.4. The molecule has 1 aromatic carbocycles. The molecule has 0 aliphatic carbocycles. The molecule has 1 aliphatic heterocycles. The molecule has 1 aliphatic rings. The Bertz CT molecular complexity index is 834. The summed E-state index contributed by atoms with van der Waals surface area (Å²) in [7, 11) is -3.73. The van der Waals surface area contributed by atoms with E-state index in [1.807, 2.05) is 6.92 Å². The van der Waals surface area contributed by atoms with Gasteiger partial charge in [-0.25, -0.2) is 8.42 Å². The molecular weight excluding hydrogens is 298 g/mol. The van der Waals surface area contributed by atoms with E-state index in [0.717, 1.165) is 23.5 Å². The van der Waals surface area contributed by atoms with Gasteiger partial charge in [-0.2, -0.15) is 13.8 Å². The van der Waals surface area contributed by atoms with Crippen molar-refractivity contribution in [2.24, 2.45) is 8.73 Å². The fraction of sp³-hybridized carbons (Fsp3) is 0.182. The average molecular weight is 309 g/mol. The molecule has 0 saturated carbocycles. The Labute approximate surface area is 119 Å². The van der Waals surface area contributed by atoms with Crippen LogP contribution < -0.4 is 4.72 Å². The van der Waals surface area contributed by atoms with Gasteiger partial charge in [0, 0.05) is 11.8 Å². The van der Waals surface area contributed by atoms with Crippen LogP contribution in [0.2, 0.25) is 0 Å². The summed E-state index contributed by atoms with van der Waals surface area (Å²) in [5, 5.41) is 6.68. The third-order valence-electron chi connectivity index (χ3n) is 2.79. The van der Waals surface area contributed by atoms with E-state index in [4.69, 9.17) is 0 Å². The molecule has 0 bridgehead atoms. The number of nitrogens with one attached hydrogen (secondary N) is 2. The quantitative estimate of drug-likeness (QED) is 0.774. The van der Waals surface area contributed by atoms with E-state index in [9.17, 15) is 8.42 Å². The number of H-pyrrole nitrogens is 1. The number of anilines is 1. The van der Waals surface area contributed by atoms with E-state index in [1.165, 1.54) is 6.07 Å². The van der Waals surface area contributed by atoms with Crippen LogP contribution in [0.3, 0.4) is 0 Å². The molecule has 0 atom stereocenters. The monoisotopic (exact) mass is 309 g/mol. The third-order valence-corrected chi connectivity index (χ3v) is 4.72. The minimum atomic E-state index is -3.73. The highest BCUT2D eigenvalue weighted by molar-refractivity contribution is 7.93. The van der Waals surface area contributed by atoms with Gasteiger partial charge in [0.25, 0.3) is 10.0 Å². The molecular formula is C11H11N5O2S2. The van der Waals surface area contributed by atoms with Crippen molar-refractivity contribution >= 4 is 38.6 Å². The highest BCUT2D eigenvalue weighted by Crippen LogP contribution is 2.37. The number of rotatable bonds is 4. The second-order valence-corrected chi connectivity index (χ2v) is 6.30. The fourth-order valence-electron chi connectivity index (χ4n) is 1.79. The number of aromatic nitrogens is 2. The molecule has 7 nitrogen and oxygen atoms in total. The van der Waals surface area contributed by atoms with Crippen molar-refractivity contribution in [3.8, 4) is 0 Å². The van der Waals surface area contributed by atoms with Crippen LogP contribution in [0.25, 0.3) is 0 Å². The summed E-state index contributed by atoms with van der Waals surface area (Å²) in [6.07, 6.45) is 0.750. The lowest BCUT2D eigenvalue weighted by molar-refractivity contribution is 0.601. The van der Waals surface area contributed by atoms with E-state index >= 15 is 0 Å². The van der Waals surface area contributed by atoms with Gasteiger partial charge in [0.2, 0.25) is 0 Å². The first-order chi connectivity index (χ1) is 9.60. The van der Waals surface area contributed by atoms with E-state index in [2.05, 4.69) is 23.6 Å². The summed E-state index contributed by atoms with van der Waals surface area (Å²) in [6.45, 7) is 1.95. The Morgan fingerprint density at radius 1 is 1.35 bits per heavy atom. The van der Waals surface area contributed by atoms with Crippen molar-refractivity contribution in [3.63, 3.8) is 0 Å². The number of nitrogens with zero attached hydrogens (tertiary/aromatic N) is 3. The zero-order chi connectivity index (χ0) is 14.2. The zero-order valence-electron chi connectivity index (χ0n) is 10.5. The van der Waals surface area contributed by atoms with Gasteiger partial charge in [-0.3, -0.25) is 9.82 Å². The molecule has 1 aromatic heterocycles. The number of aryl methyl sites for hydroxylation is 1. The first-order valence-corrected chi connectivity index (χ1v) is 8.10. The summed E-state index contributed by atoms with van der Waals surface area (Å²) in [5.74, 6) is 0.266. The van der Waals surface area contributed by atoms with Crippen LogP contribution in [0.1, 0.15) is 12.6 Å². The lowest BCUT2D eigenvalue weighted by Gasteiger charge is -2.07. The predicted octanol–water partition coefficient (Wildman–Crippen LogP) is 2.50. The molecule has 9 heteroatoms. The van der Waals surface area contributed by atoms with Crippen LogP contribution in [0, 0.1) is 0 Å². The number of benzene rings is 1. The van der Waals surface area contributed by atoms with Crippen LogP contribution in [-0.2, 0) is 27.8 Å². The maximum Gasteiger partial charge on any atom is 0.265 e. The maximum atomic E-state index is 12.4. The Kier molecular flexibility index (Phi) is 3.14. The first-order valence-electron chi connectivity index (χ1n) is 5.88. The van der Waals surface area contributed by atoms with Gasteiger partial charge in [-0.15, -0.1) is 0 Å². The van der Waals surface area contributed by atoms with E-state index in [0.29, 0.717) is 11.4 Å². The number of hydrogen-bond acceptors (Lipinski definition) is 5. The molecule has 0 amide bonds. The smallest absolute Gasteiger partial charge is 0.265 e. The van der Waals surface area contributed by atoms with Crippen molar-refractivity contribution in [3.05, 3.63) is 30.0 Å². The summed E-state index contributed by atoms with van der Waals surface area (Å²) in [6, 6.07) is 6.53. The van der Waals surface area contributed by atoms with Gasteiger partial charge in [0.15, 0.2) is 5.82 Å². The second-order valence-electron chi connectivity index (χ2n) is 4.13. The molecule has 0 unspecified atom stereocenters. The largest absolute Gasteiger partial charge is 0.280 e. The number of aromatic amines is 1. The van der Waals surface area contributed by atoms with Crippen molar-refractivity contribution in [1.82, 2.24) is 10.2 Å². The van der Waals surface area contributed by atoms with E-state index in [-0.39, 0.29) is 10.7 Å². The summed E-state index contributed by atoms with van der Waals surface area (Å²) in [4.78, 5) is 0.102. The minimum Gasteiger partial charge on any atom is -0.280 e. The standard InChI is InChI=1S/C11H11N5O2S2/c1-2-7-6-10(13-12-7)16-20(17,18)9-5-3-4-8-11(9)15-19-14-8/h3-6H,2H2,1H3,(H2,12,13,16). The predicted molar refractivity (Wildman–Crippen MR) is 76.8 cm³/mol. The summed E-state index contributed by atoms with van der Waals surface area (Å²) < 4.78 is 35.3. The molecule has 0 fully saturated rings. The van der Waals surface area contributed by atoms with E-state index in [1.54, 1.807) is 18.2 Å². The van der Waals surface area contributed by atoms with Gasteiger partial charge in [-0.1, -0.05) is 13.0 Å². The highest BCUT2D eigenvalue weighted by atomic mass is 32.2. The van der Waals surface area contributed by atoms with Crippen LogP contribution in [0.5, 0.6) is 0 Å². The van der Waals surface area contributed by atoms with Crippen LogP contribution >= 0.6 is 0 Å². The lowest BCUT2D eigenvalue weighted by Crippen LogP contribution is -2.13. The molecule has 3 rings (SSSR count). The molecule has 2 N–H and O–H groups in total. The van der Waals surface area contributed by atoms with Crippen LogP contribution in [0.4, 0.5) is 17.2 Å². The lowest BCUT2D eigenvalue weighted by atomic mass is 10.3. The molecule has 0 spiro atoms. The van der Waals surface area contributed by atoms with Gasteiger partial charge in [-0.05, 0) is 18.6 Å². The SMILES string of the molecule is CCc1cc(NS(=O)(=O)c2cccc3c2N=S=N3)n[nH]1. The fourth-order valence-corrected chi connectivity index (χ4v) is 3.55. The molecule has 0 radical (unpaired) electrons. The van der Waals surface area contributed by atoms with Crippen LogP contribution in [-0.4, -0.2) is 18.6 Å². The Morgan fingerprint density at radius 2 is 2.20 bits per heavy atom. The zero-order valence-corrected chi connectivity index (χ0v) is 12.1. The number of fused-ring (bicyclic) bond motifs is 1. The van der Waals surface area contributed by atoms with Gasteiger partial charge in [0.1, 0.15) is 16.3 Å². The topological polar surface area (TPSA) is 99.6 Å². The Hall–Kier alpha value is -2.00. The summed E-state index contributed by atoms with van der Waals surface area (Å²) >= 11 is 0.983. The van der Waals surface area contributed by atoms with Crippen LogP contribution in [0.15, 0.2) is 37.9 Å². The first kappa shape index (κ1) is 13.0. The van der Waals surface area contributed by atoms with Crippen molar-refractivity contribution in [2.45, 2.75) is 18.2 Å². The summed E-state index contributed by atoms with van der Waals surface area (Å²) in [5.41, 5.74) is 1.79. The minimum absolute atomic E-state index is 0.102. The molecule has 2 aromatic rings. The van der Waals surface area contributed by atoms with Gasteiger partial charge < -0.3 is 0 Å². The van der Waals surface area contributed by atoms with Gasteiger partial charge >= 0.3 is 0 Å². The van der Waals surface area contributed by atoms with Crippen molar-refractivity contribution in [2.75, 3.05) is 4.72 Å². The molecule has 104 valence electrons. The Morgan fingerprint density at radius 3 is 2.95 bits per heavy atom.